The highest BCUT2D eigenvalue weighted by Crippen LogP contribution is 2.14. The van der Waals surface area contributed by atoms with Gasteiger partial charge in [-0.25, -0.2) is 12.8 Å². The molecular weight excluding hydrogens is 355 g/mol. The van der Waals surface area contributed by atoms with Crippen molar-refractivity contribution in [1.82, 2.24) is 9.62 Å². The van der Waals surface area contributed by atoms with Crippen molar-refractivity contribution in [1.29, 1.82) is 0 Å². The van der Waals surface area contributed by atoms with Gasteiger partial charge in [-0.15, -0.1) is 0 Å². The lowest BCUT2D eigenvalue weighted by molar-refractivity contribution is -0.121. The van der Waals surface area contributed by atoms with Gasteiger partial charge in [0.1, 0.15) is 5.82 Å². The highest BCUT2D eigenvalue weighted by Gasteiger charge is 2.22. The van der Waals surface area contributed by atoms with Gasteiger partial charge in [0.2, 0.25) is 15.9 Å². The molecule has 0 saturated carbocycles. The summed E-state index contributed by atoms with van der Waals surface area (Å²) in [6.45, 7) is -0.107. The number of carbonyl (C=O) groups excluding carboxylic acids is 1. The van der Waals surface area contributed by atoms with Gasteiger partial charge in [-0.2, -0.15) is 4.31 Å². The average Bonchev–Trinajstić information content (AvgIpc) is 2.53. The summed E-state index contributed by atoms with van der Waals surface area (Å²) in [4.78, 5) is 11.9. The number of benzene rings is 2. The van der Waals surface area contributed by atoms with Crippen LogP contribution in [0, 0.1) is 5.82 Å². The molecule has 24 heavy (non-hydrogen) atoms. The predicted octanol–water partition coefficient (Wildman–Crippen LogP) is 2.42. The molecule has 0 radical (unpaired) electrons. The van der Waals surface area contributed by atoms with Crippen LogP contribution in [0.5, 0.6) is 0 Å². The summed E-state index contributed by atoms with van der Waals surface area (Å²) in [7, 11) is -2.57. The molecule has 2 rings (SSSR count). The third-order valence-corrected chi connectivity index (χ3v) is 5.32. The molecule has 0 atom stereocenters. The van der Waals surface area contributed by atoms with Crippen molar-refractivity contribution in [2.75, 3.05) is 13.6 Å². The van der Waals surface area contributed by atoms with Gasteiger partial charge in [0, 0.05) is 18.6 Å². The summed E-state index contributed by atoms with van der Waals surface area (Å²) < 4.78 is 38.4. The second-order valence-electron chi connectivity index (χ2n) is 5.12. The van der Waals surface area contributed by atoms with E-state index in [0.29, 0.717) is 5.02 Å². The van der Waals surface area contributed by atoms with Gasteiger partial charge in [0.25, 0.3) is 0 Å². The monoisotopic (exact) mass is 370 g/mol. The van der Waals surface area contributed by atoms with Crippen LogP contribution in [-0.4, -0.2) is 32.2 Å². The van der Waals surface area contributed by atoms with Gasteiger partial charge in [-0.3, -0.25) is 4.79 Å². The highest BCUT2D eigenvalue weighted by molar-refractivity contribution is 7.89. The number of rotatable bonds is 6. The Morgan fingerprint density at radius 1 is 1.21 bits per heavy atom. The number of halogens is 2. The van der Waals surface area contributed by atoms with Crippen molar-refractivity contribution in [3.05, 3.63) is 64.9 Å². The zero-order valence-corrected chi connectivity index (χ0v) is 14.4. The molecule has 0 bridgehead atoms. The van der Waals surface area contributed by atoms with Crippen molar-refractivity contribution in [3.63, 3.8) is 0 Å². The second-order valence-corrected chi connectivity index (χ2v) is 7.60. The molecule has 0 aliphatic rings. The minimum atomic E-state index is -3.86. The Hall–Kier alpha value is -1.96. The molecule has 5 nitrogen and oxygen atoms in total. The number of likely N-dealkylation sites (N-methyl/N-ethyl adjacent to an activating group) is 1. The molecule has 1 N–H and O–H groups in total. The fourth-order valence-corrected chi connectivity index (χ4v) is 3.32. The van der Waals surface area contributed by atoms with Crippen molar-refractivity contribution in [2.45, 2.75) is 11.4 Å². The Morgan fingerprint density at radius 2 is 1.88 bits per heavy atom. The van der Waals surface area contributed by atoms with Gasteiger partial charge >= 0.3 is 0 Å². The lowest BCUT2D eigenvalue weighted by atomic mass is 10.2. The van der Waals surface area contributed by atoms with Crippen LogP contribution >= 0.6 is 11.6 Å². The number of hydrogen-bond acceptors (Lipinski definition) is 3. The fraction of sp³-hybridized carbons (Fsp3) is 0.188. The molecule has 0 fully saturated rings. The van der Waals surface area contributed by atoms with Gasteiger partial charge < -0.3 is 5.32 Å². The zero-order valence-electron chi connectivity index (χ0n) is 12.9. The third kappa shape index (κ3) is 4.77. The maximum absolute atomic E-state index is 12.9. The first kappa shape index (κ1) is 18.4. The molecular formula is C16H16ClFN2O3S. The van der Waals surface area contributed by atoms with E-state index in [1.165, 1.54) is 7.05 Å². The summed E-state index contributed by atoms with van der Waals surface area (Å²) in [5.74, 6) is -0.987. The van der Waals surface area contributed by atoms with E-state index in [0.717, 1.165) is 34.1 Å². The normalized spacial score (nSPS) is 11.5. The van der Waals surface area contributed by atoms with Crippen molar-refractivity contribution in [3.8, 4) is 0 Å². The van der Waals surface area contributed by atoms with E-state index < -0.39 is 21.7 Å². The molecule has 128 valence electrons. The van der Waals surface area contributed by atoms with Gasteiger partial charge in [0.15, 0.2) is 0 Å². The van der Waals surface area contributed by atoms with Crippen LogP contribution in [0.3, 0.4) is 0 Å². The van der Waals surface area contributed by atoms with Crippen LogP contribution in [0.4, 0.5) is 4.39 Å². The molecule has 0 heterocycles. The van der Waals surface area contributed by atoms with E-state index >= 15 is 0 Å². The summed E-state index contributed by atoms with van der Waals surface area (Å²) in [6, 6.07) is 11.4. The van der Waals surface area contributed by atoms with Gasteiger partial charge in [0.05, 0.1) is 11.4 Å². The van der Waals surface area contributed by atoms with Gasteiger partial charge in [-0.1, -0.05) is 23.7 Å². The molecule has 0 aliphatic heterocycles. The van der Waals surface area contributed by atoms with Crippen LogP contribution in [0.1, 0.15) is 5.56 Å². The molecule has 0 aromatic heterocycles. The first-order valence-corrected chi connectivity index (χ1v) is 8.84. The quantitative estimate of drug-likeness (QED) is 0.849. The van der Waals surface area contributed by atoms with Crippen LogP contribution in [0.25, 0.3) is 0 Å². The molecule has 0 unspecified atom stereocenters. The SMILES string of the molecule is CN(CC(=O)NCc1cccc(Cl)c1)S(=O)(=O)c1ccc(F)cc1. The summed E-state index contributed by atoms with van der Waals surface area (Å²) in [5, 5.41) is 3.18. The van der Waals surface area contributed by atoms with Crippen LogP contribution < -0.4 is 5.32 Å². The molecule has 2 aromatic carbocycles. The number of nitrogens with one attached hydrogen (secondary N) is 1. The molecule has 0 saturated heterocycles. The highest BCUT2D eigenvalue weighted by atomic mass is 35.5. The topological polar surface area (TPSA) is 66.5 Å². The first-order chi connectivity index (χ1) is 11.3. The van der Waals surface area contributed by atoms with E-state index in [1.807, 2.05) is 0 Å². The third-order valence-electron chi connectivity index (χ3n) is 3.27. The van der Waals surface area contributed by atoms with Gasteiger partial charge in [-0.05, 0) is 42.0 Å². The molecule has 0 spiro atoms. The smallest absolute Gasteiger partial charge is 0.243 e. The van der Waals surface area contributed by atoms with E-state index in [1.54, 1.807) is 24.3 Å². The van der Waals surface area contributed by atoms with E-state index in [4.69, 9.17) is 11.6 Å². The van der Waals surface area contributed by atoms with Crippen LogP contribution in [0.15, 0.2) is 53.4 Å². The Bertz CT molecular complexity index is 825. The number of amides is 1. The van der Waals surface area contributed by atoms with E-state index in [2.05, 4.69) is 5.32 Å². The number of sulfonamides is 1. The summed E-state index contributed by atoms with van der Waals surface area (Å²) >= 11 is 5.86. The number of nitrogens with zero attached hydrogens (tertiary/aromatic N) is 1. The minimum absolute atomic E-state index is 0.0750. The minimum Gasteiger partial charge on any atom is -0.351 e. The fourth-order valence-electron chi connectivity index (χ4n) is 1.98. The summed E-state index contributed by atoms with van der Waals surface area (Å²) in [5.41, 5.74) is 0.805. The van der Waals surface area contributed by atoms with Crippen molar-refractivity contribution < 1.29 is 17.6 Å². The van der Waals surface area contributed by atoms with Crippen molar-refractivity contribution >= 4 is 27.5 Å². The standard InChI is InChI=1S/C16H16ClFN2O3S/c1-20(24(22,23)15-7-5-14(18)6-8-15)11-16(21)19-10-12-3-2-4-13(17)9-12/h2-9H,10-11H2,1H3,(H,19,21). The Morgan fingerprint density at radius 3 is 2.50 bits per heavy atom. The molecule has 0 aliphatic carbocycles. The maximum atomic E-state index is 12.9. The summed E-state index contributed by atoms with van der Waals surface area (Å²) in [6.07, 6.45) is 0. The Kier molecular flexibility index (Phi) is 5.93. The maximum Gasteiger partial charge on any atom is 0.243 e. The number of hydrogen-bond donors (Lipinski definition) is 1. The Labute approximate surface area is 145 Å². The first-order valence-electron chi connectivity index (χ1n) is 7.02. The number of carbonyl (C=O) groups is 1. The second kappa shape index (κ2) is 7.74. The Balaban J connectivity index is 1.96. The molecule has 2 aromatic rings. The molecule has 1 amide bonds. The van der Waals surface area contributed by atoms with Crippen LogP contribution in [-0.2, 0) is 21.4 Å². The van der Waals surface area contributed by atoms with Crippen LogP contribution in [0.2, 0.25) is 5.02 Å². The largest absolute Gasteiger partial charge is 0.351 e. The zero-order chi connectivity index (χ0) is 17.7. The molecule has 8 heteroatoms. The van der Waals surface area contributed by atoms with E-state index in [-0.39, 0.29) is 18.0 Å². The lowest BCUT2D eigenvalue weighted by Crippen LogP contribution is -2.38. The van der Waals surface area contributed by atoms with E-state index in [9.17, 15) is 17.6 Å². The van der Waals surface area contributed by atoms with Crippen molar-refractivity contribution in [2.24, 2.45) is 0 Å². The predicted molar refractivity (Wildman–Crippen MR) is 89.5 cm³/mol. The average molecular weight is 371 g/mol. The lowest BCUT2D eigenvalue weighted by Gasteiger charge is -2.17.